The summed E-state index contributed by atoms with van der Waals surface area (Å²) in [6.45, 7) is 4.32. The molecule has 56 heavy (non-hydrogen) atoms. The summed E-state index contributed by atoms with van der Waals surface area (Å²) >= 11 is 0. The summed E-state index contributed by atoms with van der Waals surface area (Å²) in [6, 6.07) is 15.0. The number of hydroxylamine groups is 2. The van der Waals surface area contributed by atoms with Gasteiger partial charge in [0.15, 0.2) is 11.8 Å². The highest BCUT2D eigenvalue weighted by Crippen LogP contribution is 2.58. The Morgan fingerprint density at radius 2 is 1.70 bits per heavy atom. The first-order valence-electron chi connectivity index (χ1n) is 20.4. The Labute approximate surface area is 330 Å². The van der Waals surface area contributed by atoms with Crippen molar-refractivity contribution in [3.63, 3.8) is 0 Å². The second-order valence-electron chi connectivity index (χ2n) is 15.5. The van der Waals surface area contributed by atoms with Crippen LogP contribution in [-0.4, -0.2) is 114 Å². The van der Waals surface area contributed by atoms with Crippen LogP contribution < -0.4 is 5.32 Å². The number of benzene rings is 2. The van der Waals surface area contributed by atoms with E-state index in [9.17, 15) is 14.7 Å². The highest BCUT2D eigenvalue weighted by atomic mass is 16.8. The maximum Gasteiger partial charge on any atom is 0.327 e. The first-order chi connectivity index (χ1) is 27.2. The quantitative estimate of drug-likeness (QED) is 0.0945. The predicted molar refractivity (Wildman–Crippen MR) is 207 cm³/mol. The number of fused-ring (bicyclic) bond motifs is 4. The van der Waals surface area contributed by atoms with E-state index in [1.54, 1.807) is 18.2 Å². The minimum absolute atomic E-state index is 0.0305. The maximum atomic E-state index is 15.5. The van der Waals surface area contributed by atoms with Crippen molar-refractivity contribution in [2.45, 2.75) is 127 Å². The summed E-state index contributed by atoms with van der Waals surface area (Å²) in [4.78, 5) is 52.0. The molecule has 7 atom stereocenters. The summed E-state index contributed by atoms with van der Waals surface area (Å²) in [7, 11) is 1.61. The van der Waals surface area contributed by atoms with Crippen LogP contribution in [0, 0.1) is 5.41 Å². The lowest BCUT2D eigenvalue weighted by Crippen LogP contribution is -2.70. The van der Waals surface area contributed by atoms with Gasteiger partial charge in [-0.05, 0) is 35.6 Å². The summed E-state index contributed by atoms with van der Waals surface area (Å²) in [5.41, 5.74) is 1.04. The molecule has 306 valence electrons. The van der Waals surface area contributed by atoms with Crippen LogP contribution in [0.1, 0.15) is 88.3 Å². The number of aliphatic hydroxyl groups excluding tert-OH is 2. The smallest absolute Gasteiger partial charge is 0.327 e. The van der Waals surface area contributed by atoms with E-state index in [0.717, 1.165) is 55.2 Å². The molecule has 6 rings (SSSR count). The maximum absolute atomic E-state index is 15.5. The standard InChI is InChI=1S/C43H59N3O10/c1-4-6-11-19-42(20-12-7-5-2)54-35-34-28-43(41(51)45(3)33(39(49)44-21-22-47)27-30-14-9-8-10-15-30)37(40(50)53-34)46(56-38(43)36(35)55-42)29-32-17-13-16-31(26-32)18-24-52-25-23-48/h8-10,13-18,24,26,33-38,47-48H,4-7,11-12,19-23,25,27-29H2,1-3H3,(H,44,49)/t33-,34-,35+,36+,37-,38-,43-/m1/s1. The van der Waals surface area contributed by atoms with Gasteiger partial charge in [0.25, 0.3) is 0 Å². The number of unbranched alkanes of at least 4 members (excludes halogenated alkanes) is 4. The molecule has 2 aromatic rings. The molecule has 13 heteroatoms. The summed E-state index contributed by atoms with van der Waals surface area (Å²) < 4.78 is 25.5. The number of hydrogen-bond acceptors (Lipinski definition) is 11. The van der Waals surface area contributed by atoms with E-state index in [0.29, 0.717) is 12.8 Å². The molecule has 3 heterocycles. The van der Waals surface area contributed by atoms with Crippen LogP contribution in [0.2, 0.25) is 0 Å². The van der Waals surface area contributed by atoms with Gasteiger partial charge in [-0.3, -0.25) is 19.2 Å². The Balaban J connectivity index is 1.38. The SMILES string of the molecule is CCCCCC1(CCCCC)O[C@@H]2[C@H](O1)[C@H]1ON(Cc3cccc(C=COCCO)c3)[C@@H]3C(=O)O[C@@H]2C[C@]13C(=O)N(C)[C@H](Cc1ccccc1)C(=O)NCCO. The molecular weight excluding hydrogens is 718 g/mol. The van der Waals surface area contributed by atoms with Crippen molar-refractivity contribution in [2.24, 2.45) is 5.41 Å². The second kappa shape index (κ2) is 19.1. The fraction of sp³-hybridized carbons (Fsp3) is 0.605. The summed E-state index contributed by atoms with van der Waals surface area (Å²) in [5.74, 6) is -2.32. The van der Waals surface area contributed by atoms with Crippen LogP contribution in [0.4, 0.5) is 0 Å². The molecule has 2 aromatic carbocycles. The molecule has 2 bridgehead atoms. The van der Waals surface area contributed by atoms with Crippen molar-refractivity contribution >= 4 is 23.9 Å². The van der Waals surface area contributed by atoms with Gasteiger partial charge < -0.3 is 39.4 Å². The molecule has 2 amide bonds. The molecule has 4 aliphatic rings. The third kappa shape index (κ3) is 8.83. The fourth-order valence-corrected chi connectivity index (χ4v) is 8.91. The molecule has 4 fully saturated rings. The number of rotatable bonds is 21. The Morgan fingerprint density at radius 1 is 0.982 bits per heavy atom. The van der Waals surface area contributed by atoms with Crippen LogP contribution in [0.3, 0.4) is 0 Å². The Hall–Kier alpha value is -3.85. The highest BCUT2D eigenvalue weighted by molar-refractivity contribution is 5.96. The van der Waals surface area contributed by atoms with Crippen molar-refractivity contribution in [1.82, 2.24) is 15.3 Å². The first-order valence-corrected chi connectivity index (χ1v) is 20.4. The number of amides is 2. The topological polar surface area (TPSA) is 156 Å². The van der Waals surface area contributed by atoms with E-state index >= 15 is 4.79 Å². The minimum Gasteiger partial charge on any atom is -0.499 e. The summed E-state index contributed by atoms with van der Waals surface area (Å²) in [6.07, 6.45) is 7.88. The van der Waals surface area contributed by atoms with Gasteiger partial charge in [-0.15, -0.1) is 0 Å². The van der Waals surface area contributed by atoms with Crippen molar-refractivity contribution in [1.29, 1.82) is 0 Å². The van der Waals surface area contributed by atoms with E-state index in [1.165, 1.54) is 11.2 Å². The van der Waals surface area contributed by atoms with E-state index < -0.39 is 65.5 Å². The third-order valence-corrected chi connectivity index (χ3v) is 11.6. The molecule has 0 radical (unpaired) electrons. The molecular formula is C43H59N3O10. The molecule has 3 aliphatic heterocycles. The van der Waals surface area contributed by atoms with Gasteiger partial charge >= 0.3 is 5.97 Å². The number of aliphatic hydroxyl groups is 2. The lowest BCUT2D eigenvalue weighted by atomic mass is 9.62. The summed E-state index contributed by atoms with van der Waals surface area (Å²) in [5, 5.41) is 23.0. The van der Waals surface area contributed by atoms with Gasteiger partial charge in [-0.1, -0.05) is 94.1 Å². The number of nitrogens with one attached hydrogen (secondary N) is 1. The molecule has 1 aliphatic carbocycles. The van der Waals surface area contributed by atoms with Gasteiger partial charge in [0.2, 0.25) is 11.8 Å². The zero-order chi connectivity index (χ0) is 39.7. The highest BCUT2D eigenvalue weighted by Gasteiger charge is 2.76. The molecule has 13 nitrogen and oxygen atoms in total. The van der Waals surface area contributed by atoms with E-state index in [1.807, 2.05) is 54.6 Å². The van der Waals surface area contributed by atoms with Gasteiger partial charge in [-0.25, -0.2) is 0 Å². The number of likely N-dealkylation sites (N-methyl/N-ethyl adjacent to an activating group) is 1. The first kappa shape index (κ1) is 41.8. The Bertz CT molecular complexity index is 1650. The normalized spacial score (nSPS) is 26.8. The van der Waals surface area contributed by atoms with Crippen LogP contribution in [0.15, 0.2) is 60.9 Å². The van der Waals surface area contributed by atoms with Crippen LogP contribution in [0.5, 0.6) is 0 Å². The average molecular weight is 778 g/mol. The lowest BCUT2D eigenvalue weighted by molar-refractivity contribution is -0.225. The van der Waals surface area contributed by atoms with Crippen molar-refractivity contribution < 1.29 is 48.4 Å². The van der Waals surface area contributed by atoms with Crippen LogP contribution in [0.25, 0.3) is 6.08 Å². The van der Waals surface area contributed by atoms with Gasteiger partial charge in [-0.2, -0.15) is 5.06 Å². The fourth-order valence-electron chi connectivity index (χ4n) is 8.91. The average Bonchev–Trinajstić information content (AvgIpc) is 3.76. The van der Waals surface area contributed by atoms with Crippen molar-refractivity contribution in [3.05, 3.63) is 77.5 Å². The molecule has 1 saturated carbocycles. The zero-order valence-electron chi connectivity index (χ0n) is 33.0. The van der Waals surface area contributed by atoms with Gasteiger partial charge in [0, 0.05) is 39.3 Å². The number of carbonyl (C=O) groups is 3. The van der Waals surface area contributed by atoms with Crippen molar-refractivity contribution in [2.75, 3.05) is 33.4 Å². The van der Waals surface area contributed by atoms with E-state index in [2.05, 4.69) is 19.2 Å². The molecule has 3 N–H and O–H groups in total. The van der Waals surface area contributed by atoms with Gasteiger partial charge in [0.1, 0.15) is 42.5 Å². The molecule has 0 spiro atoms. The number of nitrogens with zero attached hydrogens (tertiary/aromatic N) is 2. The number of carbonyl (C=O) groups excluding carboxylic acids is 3. The molecule has 0 aromatic heterocycles. The Morgan fingerprint density at radius 3 is 2.39 bits per heavy atom. The van der Waals surface area contributed by atoms with E-state index in [-0.39, 0.29) is 45.8 Å². The number of hydrogen-bond donors (Lipinski definition) is 3. The molecule has 3 saturated heterocycles. The minimum atomic E-state index is -1.47. The zero-order valence-corrected chi connectivity index (χ0v) is 33.0. The Kier molecular flexibility index (Phi) is 14.2. The van der Waals surface area contributed by atoms with Crippen molar-refractivity contribution in [3.8, 4) is 0 Å². The lowest BCUT2D eigenvalue weighted by Gasteiger charge is -2.50. The number of esters is 1. The third-order valence-electron chi connectivity index (χ3n) is 11.6. The van der Waals surface area contributed by atoms with Gasteiger partial charge in [0.05, 0.1) is 26.0 Å². The molecule has 0 unspecified atom stereocenters. The number of ether oxygens (including phenoxy) is 4. The van der Waals surface area contributed by atoms with Crippen LogP contribution >= 0.6 is 0 Å². The van der Waals surface area contributed by atoms with E-state index in [4.69, 9.17) is 28.9 Å². The monoisotopic (exact) mass is 777 g/mol. The van der Waals surface area contributed by atoms with Crippen LogP contribution in [-0.2, 0) is 51.1 Å². The predicted octanol–water partition coefficient (Wildman–Crippen LogP) is 4.29. The largest absolute Gasteiger partial charge is 0.499 e. The second-order valence-corrected chi connectivity index (χ2v) is 15.5.